The van der Waals surface area contributed by atoms with Crippen LogP contribution in [-0.4, -0.2) is 6.54 Å². The first-order chi connectivity index (χ1) is 11.2. The average Bonchev–Trinajstić information content (AvgIpc) is 2.98. The zero-order valence-electron chi connectivity index (χ0n) is 13.9. The lowest BCUT2D eigenvalue weighted by molar-refractivity contribution is 0.595. The van der Waals surface area contributed by atoms with Crippen LogP contribution in [0.5, 0.6) is 0 Å². The highest BCUT2D eigenvalue weighted by atomic mass is 14.9. The van der Waals surface area contributed by atoms with Gasteiger partial charge in [-0.05, 0) is 48.4 Å². The van der Waals surface area contributed by atoms with Crippen LogP contribution < -0.4 is 5.32 Å². The standard InChI is InChI=1S/C22H25N/c1-17-8-6-7-11-22(17)21(16-19-9-4-3-5-10-19)13-12-20-14-15-23-18(20)2/h3-11,16,20,23H,2,12-15H2,1H3/b21-16+. The van der Waals surface area contributed by atoms with E-state index >= 15 is 0 Å². The maximum Gasteiger partial charge on any atom is 0.0150 e. The molecule has 0 radical (unpaired) electrons. The lowest BCUT2D eigenvalue weighted by Crippen LogP contribution is -2.05. The second kappa shape index (κ2) is 7.32. The molecule has 1 heteroatoms. The smallest absolute Gasteiger partial charge is 0.0150 e. The number of hydrogen-bond donors (Lipinski definition) is 1. The van der Waals surface area contributed by atoms with E-state index in [9.17, 15) is 0 Å². The Balaban J connectivity index is 1.86. The molecule has 1 nitrogen and oxygen atoms in total. The molecule has 1 unspecified atom stereocenters. The monoisotopic (exact) mass is 303 g/mol. The molecule has 1 aliphatic rings. The molecule has 3 rings (SSSR count). The number of benzene rings is 2. The van der Waals surface area contributed by atoms with Gasteiger partial charge in [-0.1, -0.05) is 67.3 Å². The Morgan fingerprint density at radius 1 is 1.13 bits per heavy atom. The van der Waals surface area contributed by atoms with E-state index in [2.05, 4.69) is 79.5 Å². The first kappa shape index (κ1) is 15.6. The molecule has 1 aliphatic heterocycles. The molecule has 0 saturated carbocycles. The van der Waals surface area contributed by atoms with Crippen molar-refractivity contribution in [3.8, 4) is 0 Å². The molecular formula is C22H25N. The molecule has 1 N–H and O–H groups in total. The van der Waals surface area contributed by atoms with Crippen LogP contribution in [0.4, 0.5) is 0 Å². The summed E-state index contributed by atoms with van der Waals surface area (Å²) in [6, 6.07) is 19.3. The van der Waals surface area contributed by atoms with Crippen molar-refractivity contribution in [1.29, 1.82) is 0 Å². The fourth-order valence-electron chi connectivity index (χ4n) is 3.34. The average molecular weight is 303 g/mol. The Morgan fingerprint density at radius 3 is 2.57 bits per heavy atom. The summed E-state index contributed by atoms with van der Waals surface area (Å²) in [6.45, 7) is 7.43. The third-order valence-corrected chi connectivity index (χ3v) is 4.73. The molecule has 0 bridgehead atoms. The van der Waals surface area contributed by atoms with Crippen LogP contribution in [0.15, 0.2) is 66.9 Å². The van der Waals surface area contributed by atoms with Gasteiger partial charge in [0.25, 0.3) is 0 Å². The third-order valence-electron chi connectivity index (χ3n) is 4.73. The van der Waals surface area contributed by atoms with Crippen molar-refractivity contribution >= 4 is 11.6 Å². The maximum atomic E-state index is 4.16. The van der Waals surface area contributed by atoms with Gasteiger partial charge < -0.3 is 5.32 Å². The topological polar surface area (TPSA) is 12.0 Å². The SMILES string of the molecule is C=C1NCCC1CC/C(=C\c1ccccc1)c1ccccc1C. The van der Waals surface area contributed by atoms with Crippen LogP contribution in [0.25, 0.3) is 11.6 Å². The van der Waals surface area contributed by atoms with Crippen LogP contribution >= 0.6 is 0 Å². The van der Waals surface area contributed by atoms with Crippen LogP contribution in [0.2, 0.25) is 0 Å². The molecule has 0 spiro atoms. The van der Waals surface area contributed by atoms with Crippen LogP contribution in [0.1, 0.15) is 36.0 Å². The van der Waals surface area contributed by atoms with Gasteiger partial charge >= 0.3 is 0 Å². The molecule has 1 saturated heterocycles. The van der Waals surface area contributed by atoms with Crippen molar-refractivity contribution in [1.82, 2.24) is 5.32 Å². The first-order valence-corrected chi connectivity index (χ1v) is 8.48. The van der Waals surface area contributed by atoms with Gasteiger partial charge in [-0.2, -0.15) is 0 Å². The highest BCUT2D eigenvalue weighted by molar-refractivity contribution is 5.82. The van der Waals surface area contributed by atoms with Gasteiger partial charge in [0, 0.05) is 18.2 Å². The van der Waals surface area contributed by atoms with E-state index in [-0.39, 0.29) is 0 Å². The van der Waals surface area contributed by atoms with Gasteiger partial charge in [-0.25, -0.2) is 0 Å². The van der Waals surface area contributed by atoms with Crippen LogP contribution in [-0.2, 0) is 0 Å². The first-order valence-electron chi connectivity index (χ1n) is 8.48. The number of nitrogens with one attached hydrogen (secondary N) is 1. The van der Waals surface area contributed by atoms with Crippen molar-refractivity contribution in [2.24, 2.45) is 5.92 Å². The maximum absolute atomic E-state index is 4.16. The fourth-order valence-corrected chi connectivity index (χ4v) is 3.34. The molecular weight excluding hydrogens is 278 g/mol. The fraction of sp³-hybridized carbons (Fsp3) is 0.273. The van der Waals surface area contributed by atoms with E-state index in [1.54, 1.807) is 0 Å². The Hall–Kier alpha value is -2.28. The van der Waals surface area contributed by atoms with Gasteiger partial charge in [0.05, 0.1) is 0 Å². The van der Waals surface area contributed by atoms with E-state index in [1.807, 2.05) is 0 Å². The largest absolute Gasteiger partial charge is 0.389 e. The van der Waals surface area contributed by atoms with Crippen molar-refractivity contribution in [2.75, 3.05) is 6.54 Å². The summed E-state index contributed by atoms with van der Waals surface area (Å²) in [5.41, 5.74) is 6.63. The van der Waals surface area contributed by atoms with Crippen molar-refractivity contribution in [3.05, 3.63) is 83.6 Å². The summed E-state index contributed by atoms with van der Waals surface area (Å²) in [5, 5.41) is 3.38. The van der Waals surface area contributed by atoms with E-state index < -0.39 is 0 Å². The normalized spacial score (nSPS) is 18.0. The summed E-state index contributed by atoms with van der Waals surface area (Å²) >= 11 is 0. The highest BCUT2D eigenvalue weighted by Gasteiger charge is 2.19. The van der Waals surface area contributed by atoms with Gasteiger partial charge in [0.2, 0.25) is 0 Å². The van der Waals surface area contributed by atoms with Crippen molar-refractivity contribution < 1.29 is 0 Å². The number of allylic oxidation sites excluding steroid dienone is 2. The predicted octanol–water partition coefficient (Wildman–Crippen LogP) is 5.44. The third kappa shape index (κ3) is 3.92. The van der Waals surface area contributed by atoms with Crippen molar-refractivity contribution in [3.63, 3.8) is 0 Å². The molecule has 1 heterocycles. The van der Waals surface area contributed by atoms with E-state index in [0.717, 1.165) is 13.0 Å². The molecule has 1 atom stereocenters. The minimum absolute atomic E-state index is 0.609. The van der Waals surface area contributed by atoms with E-state index in [1.165, 1.54) is 40.8 Å². The molecule has 118 valence electrons. The zero-order chi connectivity index (χ0) is 16.1. The molecule has 2 aromatic carbocycles. The van der Waals surface area contributed by atoms with Gasteiger partial charge in [-0.15, -0.1) is 0 Å². The zero-order valence-corrected chi connectivity index (χ0v) is 13.9. The Morgan fingerprint density at radius 2 is 1.87 bits per heavy atom. The minimum Gasteiger partial charge on any atom is -0.389 e. The molecule has 0 aliphatic carbocycles. The summed E-state index contributed by atoms with van der Waals surface area (Å²) in [6.07, 6.45) is 5.81. The molecule has 2 aromatic rings. The second-order valence-corrected chi connectivity index (χ2v) is 6.37. The Kier molecular flexibility index (Phi) is 4.97. The minimum atomic E-state index is 0.609. The number of hydrogen-bond acceptors (Lipinski definition) is 1. The molecule has 0 amide bonds. The molecule has 0 aromatic heterocycles. The van der Waals surface area contributed by atoms with Gasteiger partial charge in [0.15, 0.2) is 0 Å². The number of rotatable bonds is 5. The van der Waals surface area contributed by atoms with Crippen LogP contribution in [0, 0.1) is 12.8 Å². The quantitative estimate of drug-likeness (QED) is 0.725. The lowest BCUT2D eigenvalue weighted by atomic mass is 9.90. The van der Waals surface area contributed by atoms with Gasteiger partial charge in [0.1, 0.15) is 0 Å². The molecule has 1 fully saturated rings. The van der Waals surface area contributed by atoms with Gasteiger partial charge in [-0.3, -0.25) is 0 Å². The van der Waals surface area contributed by atoms with Crippen LogP contribution in [0.3, 0.4) is 0 Å². The summed E-state index contributed by atoms with van der Waals surface area (Å²) in [5.74, 6) is 0.609. The summed E-state index contributed by atoms with van der Waals surface area (Å²) < 4.78 is 0. The Bertz CT molecular complexity index is 697. The van der Waals surface area contributed by atoms with E-state index in [0.29, 0.717) is 5.92 Å². The number of aryl methyl sites for hydroxylation is 1. The lowest BCUT2D eigenvalue weighted by Gasteiger charge is -2.15. The van der Waals surface area contributed by atoms with E-state index in [4.69, 9.17) is 0 Å². The molecule has 23 heavy (non-hydrogen) atoms. The summed E-state index contributed by atoms with van der Waals surface area (Å²) in [7, 11) is 0. The second-order valence-electron chi connectivity index (χ2n) is 6.37. The summed E-state index contributed by atoms with van der Waals surface area (Å²) in [4.78, 5) is 0. The highest BCUT2D eigenvalue weighted by Crippen LogP contribution is 2.31. The predicted molar refractivity (Wildman–Crippen MR) is 100.0 cm³/mol. The van der Waals surface area contributed by atoms with Crippen molar-refractivity contribution in [2.45, 2.75) is 26.2 Å². The Labute approximate surface area is 139 Å².